The number of nitrogens with one attached hydrogen (secondary N) is 1. The van der Waals surface area contributed by atoms with Crippen LogP contribution >= 0.6 is 0 Å². The van der Waals surface area contributed by atoms with Crippen LogP contribution in [0.2, 0.25) is 0 Å². The van der Waals surface area contributed by atoms with Gasteiger partial charge in [0.15, 0.2) is 9.84 Å². The molecule has 0 aromatic heterocycles. The zero-order valence-electron chi connectivity index (χ0n) is 6.95. The van der Waals surface area contributed by atoms with E-state index in [1.54, 1.807) is 12.1 Å². The molecule has 0 saturated heterocycles. The van der Waals surface area contributed by atoms with Crippen molar-refractivity contribution >= 4 is 21.2 Å². The standard InChI is InChI=1S/C8H10N2O2S/c9-6-1-2-7-8(5-6)13(11,12)4-3-10-7/h1-2,5,10H,3-4,9H2. The maximum absolute atomic E-state index is 11.5. The van der Waals surface area contributed by atoms with Crippen LogP contribution in [0.4, 0.5) is 11.4 Å². The van der Waals surface area contributed by atoms with Crippen LogP contribution in [-0.4, -0.2) is 20.7 Å². The number of benzene rings is 1. The predicted octanol–water partition coefficient (Wildman–Crippen LogP) is 0.468. The van der Waals surface area contributed by atoms with Gasteiger partial charge in [0.1, 0.15) is 0 Å². The number of sulfone groups is 1. The lowest BCUT2D eigenvalue weighted by Gasteiger charge is -2.18. The third kappa shape index (κ3) is 1.35. The minimum absolute atomic E-state index is 0.142. The van der Waals surface area contributed by atoms with Gasteiger partial charge in [0.2, 0.25) is 0 Å². The normalized spacial score (nSPS) is 18.8. The molecule has 0 atom stereocenters. The average molecular weight is 198 g/mol. The second kappa shape index (κ2) is 2.63. The average Bonchev–Trinajstić information content (AvgIpc) is 2.06. The monoisotopic (exact) mass is 198 g/mol. The van der Waals surface area contributed by atoms with Crippen LogP contribution in [0.25, 0.3) is 0 Å². The fourth-order valence-corrected chi connectivity index (χ4v) is 2.75. The molecule has 0 bridgehead atoms. The summed E-state index contributed by atoms with van der Waals surface area (Å²) in [7, 11) is -3.11. The fourth-order valence-electron chi connectivity index (χ4n) is 1.37. The molecule has 0 aliphatic carbocycles. The van der Waals surface area contributed by atoms with Crippen LogP contribution in [0, 0.1) is 0 Å². The summed E-state index contributed by atoms with van der Waals surface area (Å²) in [4.78, 5) is 0.318. The molecule has 0 radical (unpaired) electrons. The molecule has 0 fully saturated rings. The van der Waals surface area contributed by atoms with E-state index in [1.165, 1.54) is 6.07 Å². The molecule has 3 N–H and O–H groups in total. The van der Waals surface area contributed by atoms with Gasteiger partial charge in [-0.05, 0) is 18.2 Å². The van der Waals surface area contributed by atoms with Crippen LogP contribution in [-0.2, 0) is 9.84 Å². The van der Waals surface area contributed by atoms with Gasteiger partial charge in [0.25, 0.3) is 0 Å². The van der Waals surface area contributed by atoms with E-state index < -0.39 is 9.84 Å². The summed E-state index contributed by atoms with van der Waals surface area (Å²) in [6.45, 7) is 0.471. The molecule has 5 heteroatoms. The van der Waals surface area contributed by atoms with Crippen molar-refractivity contribution in [2.24, 2.45) is 0 Å². The topological polar surface area (TPSA) is 72.2 Å². The Morgan fingerprint density at radius 1 is 1.38 bits per heavy atom. The van der Waals surface area contributed by atoms with Crippen LogP contribution in [0.3, 0.4) is 0 Å². The second-order valence-corrected chi connectivity index (χ2v) is 5.08. The van der Waals surface area contributed by atoms with Crippen molar-refractivity contribution < 1.29 is 8.42 Å². The largest absolute Gasteiger partial charge is 0.399 e. The molecule has 1 aliphatic rings. The summed E-state index contributed by atoms with van der Waals surface area (Å²) in [5, 5.41) is 3.01. The first-order valence-corrected chi connectivity index (χ1v) is 5.61. The molecule has 1 heterocycles. The van der Waals surface area contributed by atoms with Crippen molar-refractivity contribution in [1.29, 1.82) is 0 Å². The van der Waals surface area contributed by atoms with E-state index in [2.05, 4.69) is 5.32 Å². The van der Waals surface area contributed by atoms with Crippen LogP contribution in [0.1, 0.15) is 0 Å². The first-order valence-electron chi connectivity index (χ1n) is 3.96. The van der Waals surface area contributed by atoms with Crippen molar-refractivity contribution in [3.63, 3.8) is 0 Å². The second-order valence-electron chi connectivity index (χ2n) is 3.00. The van der Waals surface area contributed by atoms with Gasteiger partial charge in [-0.1, -0.05) is 0 Å². The Morgan fingerprint density at radius 2 is 2.15 bits per heavy atom. The summed E-state index contributed by atoms with van der Waals surface area (Å²) in [6, 6.07) is 4.88. The van der Waals surface area contributed by atoms with Gasteiger partial charge in [-0.25, -0.2) is 8.42 Å². The number of nitrogens with two attached hydrogens (primary N) is 1. The molecule has 70 valence electrons. The lowest BCUT2D eigenvalue weighted by atomic mass is 10.3. The van der Waals surface area contributed by atoms with Crippen molar-refractivity contribution in [2.45, 2.75) is 4.90 Å². The van der Waals surface area contributed by atoms with E-state index in [0.717, 1.165) is 0 Å². The number of hydrogen-bond acceptors (Lipinski definition) is 4. The lowest BCUT2D eigenvalue weighted by Crippen LogP contribution is -2.23. The molecule has 4 nitrogen and oxygen atoms in total. The van der Waals surface area contributed by atoms with Gasteiger partial charge in [0.05, 0.1) is 16.3 Å². The Balaban J connectivity index is 2.68. The molecule has 0 spiro atoms. The Labute approximate surface area is 76.7 Å². The number of fused-ring (bicyclic) bond motifs is 1. The van der Waals surface area contributed by atoms with Gasteiger partial charge >= 0.3 is 0 Å². The SMILES string of the molecule is Nc1ccc2c(c1)S(=O)(=O)CCN2. The maximum Gasteiger partial charge on any atom is 0.182 e. The zero-order chi connectivity index (χ0) is 9.47. The van der Waals surface area contributed by atoms with Crippen LogP contribution in [0.15, 0.2) is 23.1 Å². The molecular weight excluding hydrogens is 188 g/mol. The van der Waals surface area contributed by atoms with Crippen molar-refractivity contribution in [2.75, 3.05) is 23.3 Å². The Bertz CT molecular complexity index is 439. The smallest absolute Gasteiger partial charge is 0.182 e. The third-order valence-corrected chi connectivity index (χ3v) is 3.78. The van der Waals surface area contributed by atoms with E-state index in [9.17, 15) is 8.42 Å². The predicted molar refractivity (Wildman–Crippen MR) is 51.4 cm³/mol. The highest BCUT2D eigenvalue weighted by Crippen LogP contribution is 2.27. The summed E-state index contributed by atoms with van der Waals surface area (Å²) >= 11 is 0. The van der Waals surface area contributed by atoms with E-state index in [4.69, 9.17) is 5.73 Å². The van der Waals surface area contributed by atoms with Gasteiger partial charge in [-0.15, -0.1) is 0 Å². The molecule has 0 saturated carbocycles. The Morgan fingerprint density at radius 3 is 2.92 bits per heavy atom. The molecule has 13 heavy (non-hydrogen) atoms. The molecular formula is C8H10N2O2S. The van der Waals surface area contributed by atoms with Gasteiger partial charge in [-0.3, -0.25) is 0 Å². The maximum atomic E-state index is 11.5. The highest BCUT2D eigenvalue weighted by molar-refractivity contribution is 7.91. The Hall–Kier alpha value is -1.23. The highest BCUT2D eigenvalue weighted by atomic mass is 32.2. The fraction of sp³-hybridized carbons (Fsp3) is 0.250. The van der Waals surface area contributed by atoms with Crippen LogP contribution in [0.5, 0.6) is 0 Å². The van der Waals surface area contributed by atoms with Crippen molar-refractivity contribution in [3.05, 3.63) is 18.2 Å². The minimum atomic E-state index is -3.11. The highest BCUT2D eigenvalue weighted by Gasteiger charge is 2.22. The Kier molecular flexibility index (Phi) is 1.69. The quantitative estimate of drug-likeness (QED) is 0.594. The van der Waals surface area contributed by atoms with E-state index in [0.29, 0.717) is 22.8 Å². The molecule has 0 amide bonds. The van der Waals surface area contributed by atoms with Crippen LogP contribution < -0.4 is 11.1 Å². The number of hydrogen-bond donors (Lipinski definition) is 2. The van der Waals surface area contributed by atoms with E-state index >= 15 is 0 Å². The van der Waals surface area contributed by atoms with Gasteiger partial charge in [-0.2, -0.15) is 0 Å². The van der Waals surface area contributed by atoms with E-state index in [1.807, 2.05) is 0 Å². The third-order valence-electron chi connectivity index (χ3n) is 2.03. The molecule has 1 aromatic rings. The summed E-state index contributed by atoms with van der Waals surface area (Å²) in [6.07, 6.45) is 0. The first-order chi connectivity index (χ1) is 6.09. The summed E-state index contributed by atoms with van der Waals surface area (Å²) in [5.41, 5.74) is 6.64. The van der Waals surface area contributed by atoms with Gasteiger partial charge < -0.3 is 11.1 Å². The molecule has 1 aromatic carbocycles. The summed E-state index contributed by atoms with van der Waals surface area (Å²) < 4.78 is 23.1. The minimum Gasteiger partial charge on any atom is -0.399 e. The first kappa shape index (κ1) is 8.37. The number of nitrogen functional groups attached to an aromatic ring is 1. The summed E-state index contributed by atoms with van der Waals surface area (Å²) in [5.74, 6) is 0.142. The van der Waals surface area contributed by atoms with Crippen molar-refractivity contribution in [3.8, 4) is 0 Å². The number of rotatable bonds is 0. The van der Waals surface area contributed by atoms with Gasteiger partial charge in [0, 0.05) is 12.2 Å². The van der Waals surface area contributed by atoms with Crippen molar-refractivity contribution in [1.82, 2.24) is 0 Å². The number of anilines is 2. The molecule has 0 unspecified atom stereocenters. The lowest BCUT2D eigenvalue weighted by molar-refractivity contribution is 0.595. The molecule has 2 rings (SSSR count). The molecule has 1 aliphatic heterocycles. The van der Waals surface area contributed by atoms with E-state index in [-0.39, 0.29) is 5.75 Å². The zero-order valence-corrected chi connectivity index (χ0v) is 7.76.